The van der Waals surface area contributed by atoms with E-state index >= 15 is 0 Å². The quantitative estimate of drug-likeness (QED) is 0.280. The van der Waals surface area contributed by atoms with Gasteiger partial charge in [-0.15, -0.1) is 0 Å². The monoisotopic (exact) mass is 457 g/mol. The highest BCUT2D eigenvalue weighted by atomic mass is 16.5. The SMILES string of the molecule is C1CCOCC1.CNCCOCc1c[nH]c(=O)c(Nc2cc(NC)c3ncn(C=O)c3n2)c1. The van der Waals surface area contributed by atoms with Crippen molar-refractivity contribution in [3.63, 3.8) is 0 Å². The van der Waals surface area contributed by atoms with Gasteiger partial charge in [-0.1, -0.05) is 0 Å². The van der Waals surface area contributed by atoms with E-state index in [0.29, 0.717) is 48.0 Å². The summed E-state index contributed by atoms with van der Waals surface area (Å²) in [5, 5.41) is 9.02. The van der Waals surface area contributed by atoms with Crippen molar-refractivity contribution in [2.45, 2.75) is 25.9 Å². The largest absolute Gasteiger partial charge is 0.386 e. The van der Waals surface area contributed by atoms with Gasteiger partial charge in [-0.05, 0) is 37.9 Å². The molecule has 3 aromatic heterocycles. The van der Waals surface area contributed by atoms with Gasteiger partial charge in [0.05, 0.1) is 18.9 Å². The third-order valence-corrected chi connectivity index (χ3v) is 4.98. The van der Waals surface area contributed by atoms with Gasteiger partial charge in [0.1, 0.15) is 23.3 Å². The molecule has 1 fully saturated rings. The summed E-state index contributed by atoms with van der Waals surface area (Å²) in [6.07, 6.45) is 7.57. The topological polar surface area (TPSA) is 135 Å². The lowest BCUT2D eigenvalue weighted by Crippen LogP contribution is -2.15. The molecule has 0 atom stereocenters. The number of carbonyl (C=O) groups excluding carboxylic acids is 1. The van der Waals surface area contributed by atoms with Crippen LogP contribution >= 0.6 is 0 Å². The van der Waals surface area contributed by atoms with Crippen molar-refractivity contribution in [3.8, 4) is 0 Å². The number of hydrogen-bond donors (Lipinski definition) is 4. The number of fused-ring (bicyclic) bond motifs is 1. The van der Waals surface area contributed by atoms with Crippen LogP contribution < -0.4 is 21.5 Å². The lowest BCUT2D eigenvalue weighted by molar-refractivity contribution is 0.0968. The molecule has 0 unspecified atom stereocenters. The Kier molecular flexibility index (Phi) is 9.36. The molecular formula is C22H31N7O4. The number of nitrogens with zero attached hydrogens (tertiary/aromatic N) is 3. The first kappa shape index (κ1) is 24.4. The fraction of sp³-hybridized carbons (Fsp3) is 0.455. The molecule has 1 saturated heterocycles. The number of aromatic amines is 1. The van der Waals surface area contributed by atoms with E-state index in [1.807, 2.05) is 7.05 Å². The van der Waals surface area contributed by atoms with Crippen LogP contribution in [0.2, 0.25) is 0 Å². The molecule has 1 aliphatic heterocycles. The Morgan fingerprint density at radius 2 is 2.03 bits per heavy atom. The summed E-state index contributed by atoms with van der Waals surface area (Å²) in [7, 11) is 3.60. The second kappa shape index (κ2) is 12.7. The van der Waals surface area contributed by atoms with Crippen LogP contribution in [0, 0.1) is 0 Å². The summed E-state index contributed by atoms with van der Waals surface area (Å²) in [4.78, 5) is 34.6. The molecule has 0 aliphatic carbocycles. The number of likely N-dealkylation sites (N-methyl/N-ethyl adjacent to an activating group) is 1. The van der Waals surface area contributed by atoms with Gasteiger partial charge in [-0.2, -0.15) is 0 Å². The van der Waals surface area contributed by atoms with Gasteiger partial charge in [0.25, 0.3) is 5.56 Å². The second-order valence-electron chi connectivity index (χ2n) is 7.44. The first-order valence-corrected chi connectivity index (χ1v) is 11.0. The first-order chi connectivity index (χ1) is 16.2. The van der Waals surface area contributed by atoms with Crippen molar-refractivity contribution in [3.05, 3.63) is 40.6 Å². The summed E-state index contributed by atoms with van der Waals surface area (Å²) in [5.41, 5.74) is 2.51. The molecule has 3 aromatic rings. The Balaban J connectivity index is 0.000000442. The number of hydrogen-bond acceptors (Lipinski definition) is 9. The standard InChI is InChI=1S/C17H21N7O3.C5H10O/c1-18-3-4-27-8-11-5-13(17(26)20-7-11)22-14-6-12(19-2)15-16(23-14)24(10-25)9-21-15;1-2-4-6-5-3-1/h5-7,9-10,18H,3-4,8H2,1-2H3,(H,20,26)(H2,19,22,23);1-5H2. The van der Waals surface area contributed by atoms with E-state index in [9.17, 15) is 9.59 Å². The molecule has 1 aliphatic rings. The second-order valence-corrected chi connectivity index (χ2v) is 7.44. The summed E-state index contributed by atoms with van der Waals surface area (Å²) < 4.78 is 11.9. The van der Waals surface area contributed by atoms with Crippen LogP contribution in [-0.2, 0) is 20.9 Å². The predicted octanol–water partition coefficient (Wildman–Crippen LogP) is 1.87. The van der Waals surface area contributed by atoms with Gasteiger partial charge < -0.3 is 30.4 Å². The Morgan fingerprint density at radius 3 is 2.67 bits per heavy atom. The number of carbonyl (C=O) groups is 1. The molecule has 0 spiro atoms. The van der Waals surface area contributed by atoms with E-state index in [0.717, 1.165) is 25.3 Å². The number of nitrogens with one attached hydrogen (secondary N) is 4. The minimum absolute atomic E-state index is 0.286. The van der Waals surface area contributed by atoms with E-state index in [1.165, 1.54) is 30.2 Å². The van der Waals surface area contributed by atoms with Crippen molar-refractivity contribution >= 4 is 34.8 Å². The molecule has 11 heteroatoms. The van der Waals surface area contributed by atoms with Crippen LogP contribution in [0.3, 0.4) is 0 Å². The summed E-state index contributed by atoms with van der Waals surface area (Å²) in [5.74, 6) is 0.411. The fourth-order valence-corrected chi connectivity index (χ4v) is 3.23. The minimum atomic E-state index is -0.286. The van der Waals surface area contributed by atoms with Gasteiger partial charge in [-0.25, -0.2) is 9.97 Å². The number of pyridine rings is 2. The van der Waals surface area contributed by atoms with Gasteiger partial charge >= 0.3 is 0 Å². The molecule has 0 amide bonds. The van der Waals surface area contributed by atoms with Crippen molar-refractivity contribution in [1.82, 2.24) is 24.8 Å². The zero-order valence-electron chi connectivity index (χ0n) is 19.0. The van der Waals surface area contributed by atoms with E-state index in [1.54, 1.807) is 25.4 Å². The Hall–Kier alpha value is -3.28. The highest BCUT2D eigenvalue weighted by molar-refractivity contribution is 5.91. The normalized spacial score (nSPS) is 13.3. The Labute approximate surface area is 191 Å². The molecule has 0 aromatic carbocycles. The molecule has 0 radical (unpaired) electrons. The maximum atomic E-state index is 12.2. The smallest absolute Gasteiger partial charge is 0.271 e. The summed E-state index contributed by atoms with van der Waals surface area (Å²) in [6, 6.07) is 3.43. The molecule has 33 heavy (non-hydrogen) atoms. The summed E-state index contributed by atoms with van der Waals surface area (Å²) in [6.45, 7) is 3.69. The average molecular weight is 458 g/mol. The molecule has 0 saturated carbocycles. The minimum Gasteiger partial charge on any atom is -0.386 e. The maximum Gasteiger partial charge on any atom is 0.271 e. The van der Waals surface area contributed by atoms with Crippen molar-refractivity contribution in [1.29, 1.82) is 0 Å². The summed E-state index contributed by atoms with van der Waals surface area (Å²) >= 11 is 0. The third-order valence-electron chi connectivity index (χ3n) is 4.98. The average Bonchev–Trinajstić information content (AvgIpc) is 3.28. The van der Waals surface area contributed by atoms with Crippen LogP contribution in [0.4, 0.5) is 17.2 Å². The number of anilines is 3. The molecule has 4 rings (SSSR count). The molecule has 11 nitrogen and oxygen atoms in total. The van der Waals surface area contributed by atoms with Gasteiger partial charge in [-0.3, -0.25) is 14.2 Å². The lowest BCUT2D eigenvalue weighted by Gasteiger charge is -2.10. The van der Waals surface area contributed by atoms with Crippen molar-refractivity contribution in [2.24, 2.45) is 0 Å². The molecule has 178 valence electrons. The maximum absolute atomic E-state index is 12.2. The van der Waals surface area contributed by atoms with Crippen molar-refractivity contribution < 1.29 is 14.3 Å². The van der Waals surface area contributed by atoms with Crippen LogP contribution in [0.25, 0.3) is 11.2 Å². The number of aromatic nitrogens is 4. The number of ether oxygens (including phenoxy) is 2. The van der Waals surface area contributed by atoms with Crippen LogP contribution in [0.15, 0.2) is 29.5 Å². The molecule has 0 bridgehead atoms. The number of H-pyrrole nitrogens is 1. The lowest BCUT2D eigenvalue weighted by atomic mass is 10.2. The number of imidazole rings is 1. The number of rotatable bonds is 9. The first-order valence-electron chi connectivity index (χ1n) is 11.0. The zero-order chi connectivity index (χ0) is 23.5. The van der Waals surface area contributed by atoms with Gasteiger partial charge in [0.15, 0.2) is 5.65 Å². The Bertz CT molecular complexity index is 1080. The predicted molar refractivity (Wildman–Crippen MR) is 128 cm³/mol. The highest BCUT2D eigenvalue weighted by Crippen LogP contribution is 2.25. The van der Waals surface area contributed by atoms with Gasteiger partial charge in [0.2, 0.25) is 6.41 Å². The fourth-order valence-electron chi connectivity index (χ4n) is 3.23. The Morgan fingerprint density at radius 1 is 1.21 bits per heavy atom. The third kappa shape index (κ3) is 6.85. The van der Waals surface area contributed by atoms with E-state index in [4.69, 9.17) is 9.47 Å². The van der Waals surface area contributed by atoms with E-state index in [-0.39, 0.29) is 5.56 Å². The van der Waals surface area contributed by atoms with Gasteiger partial charge in [0, 0.05) is 39.1 Å². The molecular weight excluding hydrogens is 426 g/mol. The van der Waals surface area contributed by atoms with E-state index in [2.05, 4.69) is 30.9 Å². The molecule has 4 heterocycles. The zero-order valence-corrected chi connectivity index (χ0v) is 19.0. The van der Waals surface area contributed by atoms with Crippen LogP contribution in [0.1, 0.15) is 24.8 Å². The molecule has 4 N–H and O–H groups in total. The van der Waals surface area contributed by atoms with E-state index < -0.39 is 0 Å². The highest BCUT2D eigenvalue weighted by Gasteiger charge is 2.12. The van der Waals surface area contributed by atoms with Crippen molar-refractivity contribution in [2.75, 3.05) is 51.1 Å². The van der Waals surface area contributed by atoms with Crippen LogP contribution in [0.5, 0.6) is 0 Å². The van der Waals surface area contributed by atoms with Crippen LogP contribution in [-0.4, -0.2) is 66.4 Å².